The highest BCUT2D eigenvalue weighted by molar-refractivity contribution is 5.73. The van der Waals surface area contributed by atoms with Crippen molar-refractivity contribution in [1.29, 1.82) is 0 Å². The fraction of sp³-hybridized carbons (Fsp3) is 0.222. The minimum absolute atomic E-state index is 0.959. The van der Waals surface area contributed by atoms with Gasteiger partial charge in [-0.2, -0.15) is 0 Å². The fourth-order valence-electron chi connectivity index (χ4n) is 0.759. The van der Waals surface area contributed by atoms with Gasteiger partial charge in [0.1, 0.15) is 0 Å². The number of dihydropyridines is 1. The van der Waals surface area contributed by atoms with Crippen molar-refractivity contribution in [2.45, 2.75) is 13.3 Å². The Labute approximate surface area is 61.5 Å². The van der Waals surface area contributed by atoms with Crippen LogP contribution in [0, 0.1) is 0 Å². The van der Waals surface area contributed by atoms with E-state index in [9.17, 15) is 0 Å². The Morgan fingerprint density at radius 2 is 2.50 bits per heavy atom. The van der Waals surface area contributed by atoms with E-state index in [1.165, 1.54) is 0 Å². The third kappa shape index (κ3) is 2.02. The standard InChI is InChI=1S/C9H11N/c1-2-3-6-9-7-4-5-8-10-9/h2-6,8H,7H2,1H3/b3-2-,9-6+. The van der Waals surface area contributed by atoms with Crippen LogP contribution >= 0.6 is 0 Å². The zero-order chi connectivity index (χ0) is 7.23. The number of rotatable bonds is 1. The van der Waals surface area contributed by atoms with Gasteiger partial charge in [-0.15, -0.1) is 0 Å². The van der Waals surface area contributed by atoms with Crippen LogP contribution in [0.3, 0.4) is 0 Å². The van der Waals surface area contributed by atoms with Crippen molar-refractivity contribution < 1.29 is 0 Å². The lowest BCUT2D eigenvalue weighted by molar-refractivity contribution is 1.16. The molecule has 0 aromatic rings. The largest absolute Gasteiger partial charge is 0.261 e. The first-order chi connectivity index (χ1) is 4.93. The monoisotopic (exact) mass is 133 g/mol. The smallest absolute Gasteiger partial charge is 0.0441 e. The summed E-state index contributed by atoms with van der Waals surface area (Å²) in [5.41, 5.74) is 1.13. The molecule has 1 rings (SSSR count). The maximum absolute atomic E-state index is 4.16. The summed E-state index contributed by atoms with van der Waals surface area (Å²) in [4.78, 5) is 4.16. The predicted octanol–water partition coefficient (Wildman–Crippen LogP) is 2.48. The summed E-state index contributed by atoms with van der Waals surface area (Å²) >= 11 is 0. The van der Waals surface area contributed by atoms with Crippen LogP contribution in [-0.4, -0.2) is 6.21 Å². The molecule has 0 fully saturated rings. The van der Waals surface area contributed by atoms with E-state index in [0.29, 0.717) is 0 Å². The first-order valence-electron chi connectivity index (χ1n) is 3.44. The van der Waals surface area contributed by atoms with Crippen molar-refractivity contribution in [1.82, 2.24) is 0 Å². The molecule has 1 nitrogen and oxygen atoms in total. The van der Waals surface area contributed by atoms with Gasteiger partial charge in [-0.05, 0) is 19.1 Å². The molecule has 1 aliphatic heterocycles. The summed E-state index contributed by atoms with van der Waals surface area (Å²) in [5.74, 6) is 0. The molecular formula is C9H11N. The maximum Gasteiger partial charge on any atom is 0.0441 e. The SMILES string of the molecule is C/C=C\C=C1/CC=CC=N1. The molecule has 0 atom stereocenters. The number of hydrogen-bond donors (Lipinski definition) is 0. The molecule has 0 aliphatic carbocycles. The van der Waals surface area contributed by atoms with Gasteiger partial charge >= 0.3 is 0 Å². The van der Waals surface area contributed by atoms with Gasteiger partial charge in [-0.1, -0.05) is 18.2 Å². The summed E-state index contributed by atoms with van der Waals surface area (Å²) < 4.78 is 0. The molecule has 52 valence electrons. The molecule has 0 aromatic heterocycles. The minimum atomic E-state index is 0.959. The second-order valence-electron chi connectivity index (χ2n) is 2.09. The van der Waals surface area contributed by atoms with Crippen LogP contribution in [0.15, 0.2) is 41.1 Å². The van der Waals surface area contributed by atoms with Crippen LogP contribution in [0.2, 0.25) is 0 Å². The topological polar surface area (TPSA) is 12.4 Å². The van der Waals surface area contributed by atoms with E-state index in [2.05, 4.69) is 11.1 Å². The summed E-state index contributed by atoms with van der Waals surface area (Å²) in [7, 11) is 0. The van der Waals surface area contributed by atoms with Gasteiger partial charge in [0.05, 0.1) is 0 Å². The summed E-state index contributed by atoms with van der Waals surface area (Å²) in [5, 5.41) is 0. The number of allylic oxidation sites excluding steroid dienone is 5. The van der Waals surface area contributed by atoms with Crippen molar-refractivity contribution in [2.75, 3.05) is 0 Å². The molecule has 0 saturated carbocycles. The maximum atomic E-state index is 4.16. The lowest BCUT2D eigenvalue weighted by Gasteiger charge is -1.97. The first kappa shape index (κ1) is 7.00. The number of aliphatic imine (C=N–C) groups is 1. The Balaban J connectivity index is 2.58. The van der Waals surface area contributed by atoms with Crippen LogP contribution in [0.25, 0.3) is 0 Å². The third-order valence-corrected chi connectivity index (χ3v) is 1.27. The number of hydrogen-bond acceptors (Lipinski definition) is 1. The van der Waals surface area contributed by atoms with E-state index in [0.717, 1.165) is 12.1 Å². The fourth-order valence-corrected chi connectivity index (χ4v) is 0.759. The van der Waals surface area contributed by atoms with E-state index < -0.39 is 0 Å². The molecule has 0 spiro atoms. The molecule has 0 N–H and O–H groups in total. The van der Waals surface area contributed by atoms with E-state index in [4.69, 9.17) is 0 Å². The summed E-state index contributed by atoms with van der Waals surface area (Å²) in [6, 6.07) is 0. The molecule has 0 amide bonds. The molecule has 0 saturated heterocycles. The zero-order valence-electron chi connectivity index (χ0n) is 6.12. The Kier molecular flexibility index (Phi) is 2.68. The summed E-state index contributed by atoms with van der Waals surface area (Å²) in [6.07, 6.45) is 12.9. The lowest BCUT2D eigenvalue weighted by atomic mass is 10.2. The van der Waals surface area contributed by atoms with Gasteiger partial charge in [0.2, 0.25) is 0 Å². The average Bonchev–Trinajstić information content (AvgIpc) is 2.03. The molecular weight excluding hydrogens is 122 g/mol. The van der Waals surface area contributed by atoms with Gasteiger partial charge in [0.25, 0.3) is 0 Å². The zero-order valence-corrected chi connectivity index (χ0v) is 6.12. The highest BCUT2D eigenvalue weighted by Crippen LogP contribution is 2.07. The van der Waals surface area contributed by atoms with Gasteiger partial charge in [0, 0.05) is 18.3 Å². The normalized spacial score (nSPS) is 21.1. The molecule has 1 aliphatic rings. The van der Waals surface area contributed by atoms with Crippen LogP contribution in [0.1, 0.15) is 13.3 Å². The minimum Gasteiger partial charge on any atom is -0.261 e. The molecule has 0 aromatic carbocycles. The van der Waals surface area contributed by atoms with Gasteiger partial charge in [-0.25, -0.2) is 0 Å². The van der Waals surface area contributed by atoms with E-state index in [1.54, 1.807) is 0 Å². The van der Waals surface area contributed by atoms with E-state index in [-0.39, 0.29) is 0 Å². The number of nitrogens with zero attached hydrogens (tertiary/aromatic N) is 1. The van der Waals surface area contributed by atoms with Crippen molar-refractivity contribution >= 4 is 6.21 Å². The quantitative estimate of drug-likeness (QED) is 0.521. The third-order valence-electron chi connectivity index (χ3n) is 1.27. The van der Waals surface area contributed by atoms with Crippen LogP contribution in [0.4, 0.5) is 0 Å². The average molecular weight is 133 g/mol. The van der Waals surface area contributed by atoms with Crippen molar-refractivity contribution in [3.05, 3.63) is 36.1 Å². The molecule has 10 heavy (non-hydrogen) atoms. The van der Waals surface area contributed by atoms with E-state index >= 15 is 0 Å². The second-order valence-corrected chi connectivity index (χ2v) is 2.09. The van der Waals surface area contributed by atoms with Crippen molar-refractivity contribution in [3.63, 3.8) is 0 Å². The Hall–Kier alpha value is -1.11. The van der Waals surface area contributed by atoms with Gasteiger partial charge < -0.3 is 0 Å². The highest BCUT2D eigenvalue weighted by Gasteiger charge is 1.90. The van der Waals surface area contributed by atoms with Crippen LogP contribution < -0.4 is 0 Å². The lowest BCUT2D eigenvalue weighted by Crippen LogP contribution is -1.82. The molecule has 0 unspecified atom stereocenters. The predicted molar refractivity (Wildman–Crippen MR) is 45.1 cm³/mol. The van der Waals surface area contributed by atoms with Crippen LogP contribution in [0.5, 0.6) is 0 Å². The Morgan fingerprint density at radius 3 is 3.10 bits per heavy atom. The molecule has 0 radical (unpaired) electrons. The molecule has 1 heteroatoms. The van der Waals surface area contributed by atoms with Gasteiger partial charge in [0.15, 0.2) is 0 Å². The molecule has 1 heterocycles. The van der Waals surface area contributed by atoms with Gasteiger partial charge in [-0.3, -0.25) is 4.99 Å². The van der Waals surface area contributed by atoms with Crippen molar-refractivity contribution in [2.24, 2.45) is 4.99 Å². The van der Waals surface area contributed by atoms with Crippen LogP contribution in [-0.2, 0) is 0 Å². The van der Waals surface area contributed by atoms with E-state index in [1.807, 2.05) is 37.4 Å². The Morgan fingerprint density at radius 1 is 1.60 bits per heavy atom. The highest BCUT2D eigenvalue weighted by atomic mass is 14.7. The second kappa shape index (κ2) is 3.83. The first-order valence-corrected chi connectivity index (χ1v) is 3.44. The van der Waals surface area contributed by atoms with Crippen molar-refractivity contribution in [3.8, 4) is 0 Å². The summed E-state index contributed by atoms with van der Waals surface area (Å²) in [6.45, 7) is 2.00. The Bertz CT molecular complexity index is 207. The molecule has 0 bridgehead atoms.